The number of benzene rings is 1. The van der Waals surface area contributed by atoms with Crippen molar-refractivity contribution < 1.29 is 18.1 Å². The van der Waals surface area contributed by atoms with Crippen LogP contribution in [0.4, 0.5) is 18.9 Å². The van der Waals surface area contributed by atoms with Gasteiger partial charge in [0.1, 0.15) is 0 Å². The molecule has 0 saturated heterocycles. The van der Waals surface area contributed by atoms with Gasteiger partial charge in [0.05, 0.1) is 16.6 Å². The molecule has 14 heavy (non-hydrogen) atoms. The van der Waals surface area contributed by atoms with Gasteiger partial charge in [-0.15, -0.1) is 0 Å². The Hall–Kier alpha value is -0.860. The Balaban J connectivity index is 3.28. The van der Waals surface area contributed by atoms with E-state index in [4.69, 9.17) is 0 Å². The molecule has 0 aromatic heterocycles. The molecule has 0 aliphatic carbocycles. The quantitative estimate of drug-likeness (QED) is 0.454. The van der Waals surface area contributed by atoms with Crippen LogP contribution in [0, 0.1) is 19.8 Å². The highest BCUT2D eigenvalue weighted by Crippen LogP contribution is 2.32. The van der Waals surface area contributed by atoms with Gasteiger partial charge in [-0.3, -0.25) is 10.1 Å². The number of nitro benzene ring substituents is 1. The van der Waals surface area contributed by atoms with Crippen LogP contribution in [-0.4, -0.2) is 4.92 Å². The Morgan fingerprint density at radius 1 is 1.43 bits per heavy atom. The predicted octanol–water partition coefficient (Wildman–Crippen LogP) is 3.02. The summed E-state index contributed by atoms with van der Waals surface area (Å²) in [6.07, 6.45) is -4.61. The zero-order valence-electron chi connectivity index (χ0n) is 6.43. The van der Waals surface area contributed by atoms with E-state index in [0.29, 0.717) is 0 Å². The molecule has 1 aromatic carbocycles. The van der Waals surface area contributed by atoms with Gasteiger partial charge in [-0.2, -0.15) is 13.2 Å². The molecule has 0 amide bonds. The Morgan fingerprint density at radius 2 is 2.00 bits per heavy atom. The zero-order chi connectivity index (χ0) is 10.9. The minimum atomic E-state index is -4.61. The first kappa shape index (κ1) is 11.2. The molecule has 0 spiro atoms. The molecule has 3 nitrogen and oxygen atoms in total. The van der Waals surface area contributed by atoms with Gasteiger partial charge < -0.3 is 0 Å². The summed E-state index contributed by atoms with van der Waals surface area (Å²) in [6, 6.07) is 3.52. The smallest absolute Gasteiger partial charge is 0.258 e. The number of hydrogen-bond acceptors (Lipinski definition) is 2. The van der Waals surface area contributed by atoms with Crippen LogP contribution in [0.1, 0.15) is 5.56 Å². The lowest BCUT2D eigenvalue weighted by atomic mass is 10.2. The van der Waals surface area contributed by atoms with Gasteiger partial charge in [0, 0.05) is 9.64 Å². The minimum Gasteiger partial charge on any atom is -0.258 e. The second-order valence-electron chi connectivity index (χ2n) is 2.35. The van der Waals surface area contributed by atoms with Crippen LogP contribution in [0.3, 0.4) is 0 Å². The Morgan fingerprint density at radius 3 is 2.43 bits per heavy atom. The Kier molecular flexibility index (Phi) is 2.98. The van der Waals surface area contributed by atoms with E-state index in [1.165, 1.54) is 0 Å². The topological polar surface area (TPSA) is 43.1 Å². The molecule has 1 aromatic rings. The lowest BCUT2D eigenvalue weighted by Crippen LogP contribution is -2.06. The van der Waals surface area contributed by atoms with Crippen molar-refractivity contribution in [2.75, 3.05) is 0 Å². The molecule has 75 valence electrons. The molecular weight excluding hydrogens is 314 g/mol. The number of rotatable bonds is 1. The number of alkyl halides is 3. The third-order valence-corrected chi connectivity index (χ3v) is 1.94. The summed E-state index contributed by atoms with van der Waals surface area (Å²) < 4.78 is 36.6. The standard InChI is InChI=1S/C7H2F3INO2/c8-7(9,10)4-1-5(11)3-6(2-4)12(13)14/h1,3H. The van der Waals surface area contributed by atoms with Crippen LogP contribution in [0.25, 0.3) is 0 Å². The minimum absolute atomic E-state index is 0.153. The van der Waals surface area contributed by atoms with Crippen LogP contribution >= 0.6 is 22.6 Å². The van der Waals surface area contributed by atoms with Gasteiger partial charge in [0.15, 0.2) is 0 Å². The van der Waals surface area contributed by atoms with Gasteiger partial charge >= 0.3 is 6.18 Å². The molecule has 7 heteroatoms. The highest BCUT2D eigenvalue weighted by atomic mass is 127. The van der Waals surface area contributed by atoms with Crippen molar-refractivity contribution in [1.82, 2.24) is 0 Å². The summed E-state index contributed by atoms with van der Waals surface area (Å²) >= 11 is 1.58. The van der Waals surface area contributed by atoms with Crippen molar-refractivity contribution in [3.63, 3.8) is 0 Å². The highest BCUT2D eigenvalue weighted by molar-refractivity contribution is 14.1. The maximum atomic E-state index is 12.2. The van der Waals surface area contributed by atoms with Crippen molar-refractivity contribution in [2.45, 2.75) is 6.18 Å². The molecule has 0 N–H and O–H groups in total. The van der Waals surface area contributed by atoms with Gasteiger partial charge in [0.25, 0.3) is 5.69 Å². The van der Waals surface area contributed by atoms with E-state index in [1.54, 1.807) is 28.7 Å². The summed E-state index contributed by atoms with van der Waals surface area (Å²) in [5, 5.41) is 10.2. The first-order valence-electron chi connectivity index (χ1n) is 3.25. The molecular formula is C7H2F3INO2. The van der Waals surface area contributed by atoms with Gasteiger partial charge in [-0.1, -0.05) is 0 Å². The van der Waals surface area contributed by atoms with E-state index in [9.17, 15) is 23.3 Å². The fourth-order valence-electron chi connectivity index (χ4n) is 0.771. The second-order valence-corrected chi connectivity index (χ2v) is 3.60. The van der Waals surface area contributed by atoms with Crippen molar-refractivity contribution in [3.05, 3.63) is 37.4 Å². The second kappa shape index (κ2) is 3.71. The molecule has 1 rings (SSSR count). The normalized spacial score (nSPS) is 11.4. The maximum absolute atomic E-state index is 12.2. The summed E-state index contributed by atoms with van der Waals surface area (Å²) in [7, 11) is 0. The van der Waals surface area contributed by atoms with E-state index in [0.717, 1.165) is 12.1 Å². The van der Waals surface area contributed by atoms with E-state index < -0.39 is 22.4 Å². The number of nitro groups is 1. The zero-order valence-corrected chi connectivity index (χ0v) is 8.59. The Labute approximate surface area is 90.2 Å². The molecule has 0 bridgehead atoms. The summed E-state index contributed by atoms with van der Waals surface area (Å²) in [5.74, 6) is 0. The predicted molar refractivity (Wildman–Crippen MR) is 49.7 cm³/mol. The number of hydrogen-bond donors (Lipinski definition) is 0. The highest BCUT2D eigenvalue weighted by Gasteiger charge is 2.32. The van der Waals surface area contributed by atoms with Crippen molar-refractivity contribution in [1.29, 1.82) is 0 Å². The largest absolute Gasteiger partial charge is 0.417 e. The van der Waals surface area contributed by atoms with Gasteiger partial charge in [-0.05, 0) is 28.7 Å². The first-order valence-corrected chi connectivity index (χ1v) is 4.33. The monoisotopic (exact) mass is 316 g/mol. The SMILES string of the molecule is O=[N+]([O-])c1[c]c(C(F)(F)F)cc(I)c1. The number of nitrogens with zero attached hydrogens (tertiary/aromatic N) is 1. The molecule has 0 aliphatic rings. The number of halogens is 4. The maximum Gasteiger partial charge on any atom is 0.417 e. The summed E-state index contributed by atoms with van der Waals surface area (Å²) in [6.45, 7) is 0. The lowest BCUT2D eigenvalue weighted by Gasteiger charge is -2.05. The van der Waals surface area contributed by atoms with Crippen LogP contribution in [0.2, 0.25) is 0 Å². The molecule has 0 saturated carbocycles. The van der Waals surface area contributed by atoms with Crippen molar-refractivity contribution in [3.8, 4) is 0 Å². The average molecular weight is 316 g/mol. The van der Waals surface area contributed by atoms with Gasteiger partial charge in [-0.25, -0.2) is 0 Å². The fraction of sp³-hybridized carbons (Fsp3) is 0.143. The van der Waals surface area contributed by atoms with E-state index in [2.05, 4.69) is 0 Å². The summed E-state index contributed by atoms with van der Waals surface area (Å²) in [5.41, 5.74) is -1.81. The first-order chi connectivity index (χ1) is 6.30. The molecule has 0 aliphatic heterocycles. The number of non-ortho nitro benzene ring substituents is 1. The third kappa shape index (κ3) is 2.56. The van der Waals surface area contributed by atoms with Crippen LogP contribution in [-0.2, 0) is 6.18 Å². The van der Waals surface area contributed by atoms with Crippen molar-refractivity contribution in [2.24, 2.45) is 0 Å². The molecule has 0 atom stereocenters. The molecule has 0 unspecified atom stereocenters. The van der Waals surface area contributed by atoms with E-state index >= 15 is 0 Å². The van der Waals surface area contributed by atoms with Crippen LogP contribution in [0.5, 0.6) is 0 Å². The third-order valence-electron chi connectivity index (χ3n) is 1.32. The Bertz CT molecular complexity index is 378. The fourth-order valence-corrected chi connectivity index (χ4v) is 1.38. The van der Waals surface area contributed by atoms with E-state index in [-0.39, 0.29) is 3.57 Å². The van der Waals surface area contributed by atoms with E-state index in [1.807, 2.05) is 0 Å². The summed E-state index contributed by atoms with van der Waals surface area (Å²) in [4.78, 5) is 9.33. The molecule has 0 heterocycles. The van der Waals surface area contributed by atoms with Crippen LogP contribution < -0.4 is 0 Å². The average Bonchev–Trinajstić information content (AvgIpc) is 2.01. The van der Waals surface area contributed by atoms with Gasteiger partial charge in [0.2, 0.25) is 0 Å². The molecule has 1 radical (unpaired) electrons. The molecule has 0 fully saturated rings. The van der Waals surface area contributed by atoms with Crippen LogP contribution in [0.15, 0.2) is 12.1 Å². The van der Waals surface area contributed by atoms with Crippen molar-refractivity contribution >= 4 is 28.3 Å². The lowest BCUT2D eigenvalue weighted by molar-refractivity contribution is -0.385.